The van der Waals surface area contributed by atoms with Gasteiger partial charge in [-0.05, 0) is 90.2 Å². The van der Waals surface area contributed by atoms with Crippen molar-refractivity contribution in [2.45, 2.75) is 6.61 Å². The van der Waals surface area contributed by atoms with Crippen molar-refractivity contribution in [3.05, 3.63) is 110 Å². The van der Waals surface area contributed by atoms with Gasteiger partial charge in [0.05, 0.1) is 14.6 Å². The first-order valence-corrected chi connectivity index (χ1v) is 12.7. The van der Waals surface area contributed by atoms with Crippen LogP contribution in [0.2, 0.25) is 0 Å². The summed E-state index contributed by atoms with van der Waals surface area (Å²) in [6, 6.07) is 21.5. The van der Waals surface area contributed by atoms with Crippen LogP contribution >= 0.6 is 31.9 Å². The van der Waals surface area contributed by atoms with Gasteiger partial charge >= 0.3 is 6.03 Å². The van der Waals surface area contributed by atoms with Gasteiger partial charge in [0.1, 0.15) is 23.7 Å². The molecule has 0 aliphatic carbocycles. The Morgan fingerprint density at radius 2 is 1.59 bits per heavy atom. The van der Waals surface area contributed by atoms with Crippen molar-refractivity contribution in [1.29, 1.82) is 0 Å². The van der Waals surface area contributed by atoms with Gasteiger partial charge in [-0.3, -0.25) is 14.9 Å². The second kappa shape index (κ2) is 10.3. The Morgan fingerprint density at radius 3 is 2.35 bits per heavy atom. The lowest BCUT2D eigenvalue weighted by Crippen LogP contribution is -2.54. The van der Waals surface area contributed by atoms with Crippen LogP contribution in [0.3, 0.4) is 0 Å². The van der Waals surface area contributed by atoms with Crippen LogP contribution in [0.5, 0.6) is 5.75 Å². The number of carbonyl (C=O) groups excluding carboxylic acids is 3. The van der Waals surface area contributed by atoms with Gasteiger partial charge in [0.25, 0.3) is 11.8 Å². The van der Waals surface area contributed by atoms with E-state index in [1.54, 1.807) is 12.1 Å². The molecule has 0 spiro atoms. The number of anilines is 1. The molecule has 9 heteroatoms. The minimum atomic E-state index is -0.947. The normalized spacial score (nSPS) is 14.8. The third-order valence-electron chi connectivity index (χ3n) is 5.75. The quantitative estimate of drug-likeness (QED) is 0.197. The van der Waals surface area contributed by atoms with Gasteiger partial charge in [-0.1, -0.05) is 48.5 Å². The van der Waals surface area contributed by atoms with E-state index in [2.05, 4.69) is 37.2 Å². The molecule has 1 fully saturated rings. The molecule has 6 nitrogen and oxygen atoms in total. The number of urea groups is 1. The van der Waals surface area contributed by atoms with Gasteiger partial charge in [0.15, 0.2) is 0 Å². The minimum absolute atomic E-state index is 0.0143. The molecular formula is C28H17Br2FN2O4. The van der Waals surface area contributed by atoms with E-state index in [4.69, 9.17) is 4.74 Å². The number of nitrogens with zero attached hydrogens (tertiary/aromatic N) is 1. The van der Waals surface area contributed by atoms with Crippen molar-refractivity contribution < 1.29 is 23.5 Å². The van der Waals surface area contributed by atoms with E-state index >= 15 is 0 Å². The van der Waals surface area contributed by atoms with Gasteiger partial charge in [-0.15, -0.1) is 0 Å². The summed E-state index contributed by atoms with van der Waals surface area (Å²) in [5.41, 5.74) is 1.27. The Kier molecular flexibility index (Phi) is 6.90. The molecule has 5 rings (SSSR count). The molecule has 1 N–H and O–H groups in total. The molecule has 0 unspecified atom stereocenters. The van der Waals surface area contributed by atoms with Gasteiger partial charge < -0.3 is 4.74 Å². The van der Waals surface area contributed by atoms with Crippen LogP contribution in [0, 0.1) is 5.82 Å². The largest absolute Gasteiger partial charge is 0.487 e. The van der Waals surface area contributed by atoms with E-state index in [1.165, 1.54) is 24.3 Å². The topological polar surface area (TPSA) is 75.7 Å². The SMILES string of the molecule is O=C1NC(=O)N(c2cccc(F)c2)C(=O)/C1=C/c1cc(Br)c(OCc2cccc3ccccc23)c(Br)c1. The molecule has 1 aliphatic heterocycles. The Bertz CT molecular complexity index is 1590. The van der Waals surface area contributed by atoms with Crippen molar-refractivity contribution in [3.8, 4) is 5.75 Å². The summed E-state index contributed by atoms with van der Waals surface area (Å²) in [5.74, 6) is -1.77. The minimum Gasteiger partial charge on any atom is -0.487 e. The molecule has 0 saturated carbocycles. The molecule has 1 saturated heterocycles. The molecular weight excluding hydrogens is 607 g/mol. The van der Waals surface area contributed by atoms with Gasteiger partial charge in [-0.2, -0.15) is 0 Å². The highest BCUT2D eigenvalue weighted by atomic mass is 79.9. The summed E-state index contributed by atoms with van der Waals surface area (Å²) in [6.45, 7) is 0.324. The Hall–Kier alpha value is -3.82. The summed E-state index contributed by atoms with van der Waals surface area (Å²) < 4.78 is 21.0. The van der Waals surface area contributed by atoms with Gasteiger partial charge in [0.2, 0.25) is 0 Å². The lowest BCUT2D eigenvalue weighted by molar-refractivity contribution is -0.122. The lowest BCUT2D eigenvalue weighted by atomic mass is 10.1. The maximum Gasteiger partial charge on any atom is 0.335 e. The first kappa shape index (κ1) is 24.9. The van der Waals surface area contributed by atoms with E-state index in [9.17, 15) is 18.8 Å². The van der Waals surface area contributed by atoms with Crippen LogP contribution in [0.25, 0.3) is 16.8 Å². The van der Waals surface area contributed by atoms with Crippen LogP contribution in [-0.4, -0.2) is 17.8 Å². The number of hydrogen-bond acceptors (Lipinski definition) is 4. The molecule has 37 heavy (non-hydrogen) atoms. The highest BCUT2D eigenvalue weighted by Crippen LogP contribution is 2.36. The number of rotatable bonds is 5. The first-order valence-electron chi connectivity index (χ1n) is 11.1. The zero-order chi connectivity index (χ0) is 26.1. The number of ether oxygens (including phenoxy) is 1. The summed E-state index contributed by atoms with van der Waals surface area (Å²) in [7, 11) is 0. The molecule has 4 amide bonds. The average Bonchev–Trinajstić information content (AvgIpc) is 2.86. The maximum atomic E-state index is 13.7. The van der Waals surface area contributed by atoms with Gasteiger partial charge in [-0.25, -0.2) is 14.1 Å². The lowest BCUT2D eigenvalue weighted by Gasteiger charge is -2.26. The third kappa shape index (κ3) is 5.05. The summed E-state index contributed by atoms with van der Waals surface area (Å²) in [5, 5.41) is 4.34. The molecule has 0 bridgehead atoms. The van der Waals surface area contributed by atoms with Crippen LogP contribution in [0.4, 0.5) is 14.9 Å². The number of nitrogens with one attached hydrogen (secondary N) is 1. The summed E-state index contributed by atoms with van der Waals surface area (Å²) in [4.78, 5) is 38.6. The highest BCUT2D eigenvalue weighted by molar-refractivity contribution is 9.11. The van der Waals surface area contributed by atoms with E-state index < -0.39 is 23.7 Å². The Morgan fingerprint density at radius 1 is 0.892 bits per heavy atom. The summed E-state index contributed by atoms with van der Waals surface area (Å²) in [6.07, 6.45) is 1.36. The molecule has 1 heterocycles. The van der Waals surface area contributed by atoms with Crippen LogP contribution in [0.15, 0.2) is 93.4 Å². The van der Waals surface area contributed by atoms with E-state index in [0.29, 0.717) is 26.9 Å². The van der Waals surface area contributed by atoms with Crippen LogP contribution in [-0.2, 0) is 16.2 Å². The molecule has 4 aromatic carbocycles. The molecule has 0 atom stereocenters. The number of barbiturate groups is 1. The van der Waals surface area contributed by atoms with E-state index in [0.717, 1.165) is 27.3 Å². The highest BCUT2D eigenvalue weighted by Gasteiger charge is 2.37. The number of carbonyl (C=O) groups is 3. The molecule has 1 aliphatic rings. The standard InChI is InChI=1S/C28H17Br2FN2O4/c29-23-12-16(11-22-26(34)32-28(36)33(27(22)35)20-9-4-8-19(31)14-20)13-24(30)25(23)37-15-18-7-3-6-17-5-1-2-10-21(17)18/h1-14H,15H2,(H,32,34,36)/b22-11+. The van der Waals surface area contributed by atoms with Crippen LogP contribution in [0.1, 0.15) is 11.1 Å². The van der Waals surface area contributed by atoms with Crippen molar-refractivity contribution in [1.82, 2.24) is 5.32 Å². The smallest absolute Gasteiger partial charge is 0.335 e. The molecule has 184 valence electrons. The molecule has 4 aromatic rings. The van der Waals surface area contributed by atoms with Crippen LogP contribution < -0.4 is 15.0 Å². The van der Waals surface area contributed by atoms with E-state index in [1.807, 2.05) is 42.5 Å². The second-order valence-electron chi connectivity index (χ2n) is 8.18. The van der Waals surface area contributed by atoms with Crippen molar-refractivity contribution >= 4 is 72.2 Å². The number of imide groups is 2. The Balaban J connectivity index is 1.42. The predicted molar refractivity (Wildman–Crippen MR) is 146 cm³/mol. The average molecular weight is 624 g/mol. The zero-order valence-electron chi connectivity index (χ0n) is 19.0. The number of fused-ring (bicyclic) bond motifs is 1. The fourth-order valence-corrected chi connectivity index (χ4v) is 5.49. The first-order chi connectivity index (χ1) is 17.8. The summed E-state index contributed by atoms with van der Waals surface area (Å²) >= 11 is 7.01. The van der Waals surface area contributed by atoms with E-state index in [-0.39, 0.29) is 11.3 Å². The number of halogens is 3. The zero-order valence-corrected chi connectivity index (χ0v) is 22.2. The number of amides is 4. The fraction of sp³-hybridized carbons (Fsp3) is 0.0357. The fourth-order valence-electron chi connectivity index (χ4n) is 4.04. The monoisotopic (exact) mass is 622 g/mol. The maximum absolute atomic E-state index is 13.7. The molecule has 0 aromatic heterocycles. The second-order valence-corrected chi connectivity index (χ2v) is 9.89. The van der Waals surface area contributed by atoms with Crippen molar-refractivity contribution in [3.63, 3.8) is 0 Å². The number of hydrogen-bond donors (Lipinski definition) is 1. The van der Waals surface area contributed by atoms with Crippen molar-refractivity contribution in [2.24, 2.45) is 0 Å². The Labute approximate surface area is 228 Å². The third-order valence-corrected chi connectivity index (χ3v) is 6.93. The predicted octanol–water partition coefficient (Wildman–Crippen LogP) is 6.75. The number of benzene rings is 4. The molecule has 0 radical (unpaired) electrons. The van der Waals surface area contributed by atoms with Crippen molar-refractivity contribution in [2.75, 3.05) is 4.90 Å². The van der Waals surface area contributed by atoms with Gasteiger partial charge in [0, 0.05) is 0 Å².